The van der Waals surface area contributed by atoms with Crippen LogP contribution in [-0.4, -0.2) is 9.97 Å². The van der Waals surface area contributed by atoms with Gasteiger partial charge in [0.25, 0.3) is 0 Å². The van der Waals surface area contributed by atoms with Crippen molar-refractivity contribution in [2.45, 2.75) is 0 Å². The van der Waals surface area contributed by atoms with Gasteiger partial charge in [-0.3, -0.25) is 0 Å². The highest BCUT2D eigenvalue weighted by molar-refractivity contribution is 6.16. The number of rotatable bonds is 7. The highest BCUT2D eigenvalue weighted by Crippen LogP contribution is 2.59. The summed E-state index contributed by atoms with van der Waals surface area (Å²) in [7, 11) is 0. The van der Waals surface area contributed by atoms with E-state index in [1.54, 1.807) is 0 Å². The van der Waals surface area contributed by atoms with Crippen molar-refractivity contribution in [1.29, 1.82) is 0 Å². The zero-order chi connectivity index (χ0) is 43.6. The van der Waals surface area contributed by atoms with Crippen LogP contribution in [0.25, 0.3) is 100 Å². The van der Waals surface area contributed by atoms with Gasteiger partial charge in [0.1, 0.15) is 0 Å². The molecule has 0 aliphatic carbocycles. The van der Waals surface area contributed by atoms with E-state index in [2.05, 4.69) is 231 Å². The second-order valence-electron chi connectivity index (χ2n) is 16.8. The van der Waals surface area contributed by atoms with Crippen molar-refractivity contribution in [2.24, 2.45) is 9.98 Å². The Morgan fingerprint density at radius 3 is 1.50 bits per heavy atom. The minimum absolute atomic E-state index is 0.623. The fourth-order valence-electron chi connectivity index (χ4n) is 10.2. The lowest BCUT2D eigenvalue weighted by atomic mass is 9.77. The summed E-state index contributed by atoms with van der Waals surface area (Å²) < 4.78 is 0. The monoisotopic (exact) mass is 838 g/mol. The summed E-state index contributed by atoms with van der Waals surface area (Å²) in [5, 5.41) is 5.03. The molecule has 0 spiro atoms. The molecular formula is C62H38N4. The van der Waals surface area contributed by atoms with Crippen LogP contribution >= 0.6 is 0 Å². The van der Waals surface area contributed by atoms with Gasteiger partial charge >= 0.3 is 0 Å². The Bertz CT molecular complexity index is 3960. The highest BCUT2D eigenvalue weighted by Gasteiger charge is 2.35. The largest absolute Gasteiger partial charge is 0.247 e. The molecule has 10 aromatic carbocycles. The molecule has 0 radical (unpaired) electrons. The molecule has 4 nitrogen and oxygen atoms in total. The molecule has 0 atom stereocenters. The zero-order valence-corrected chi connectivity index (χ0v) is 35.7. The second kappa shape index (κ2) is 15.4. The van der Waals surface area contributed by atoms with E-state index in [9.17, 15) is 0 Å². The molecule has 2 aliphatic rings. The SMILES string of the molecule is c1ccc(-c2ccccc2-c2ccccc2-c2c(-c3ccccc3)c(-c3ccccc3)c3c(c2-c2nc(-c4ccccc4)c4ccccc4n2)-c2c4c(ccc2=N3)=c2ccccc2=N4)cc1. The smallest absolute Gasteiger partial charge is 0.161 e. The van der Waals surface area contributed by atoms with E-state index in [4.69, 9.17) is 20.0 Å². The number of benzene rings is 10. The molecule has 306 valence electrons. The fourth-order valence-corrected chi connectivity index (χ4v) is 10.2. The van der Waals surface area contributed by atoms with Crippen molar-refractivity contribution in [3.8, 4) is 89.4 Å². The van der Waals surface area contributed by atoms with E-state index in [0.717, 1.165) is 127 Å². The molecule has 2 aliphatic heterocycles. The summed E-state index contributed by atoms with van der Waals surface area (Å²) in [6.45, 7) is 0. The summed E-state index contributed by atoms with van der Waals surface area (Å²) >= 11 is 0. The van der Waals surface area contributed by atoms with E-state index >= 15 is 0 Å². The average molecular weight is 839 g/mol. The van der Waals surface area contributed by atoms with Gasteiger partial charge in [-0.2, -0.15) is 0 Å². The van der Waals surface area contributed by atoms with E-state index in [1.165, 1.54) is 0 Å². The molecule has 66 heavy (non-hydrogen) atoms. The third kappa shape index (κ3) is 6.00. The molecule has 0 amide bonds. The Labute approximate surface area is 381 Å². The van der Waals surface area contributed by atoms with Crippen LogP contribution in [0.2, 0.25) is 0 Å². The molecule has 11 aromatic rings. The van der Waals surface area contributed by atoms with Crippen molar-refractivity contribution >= 4 is 22.3 Å². The predicted octanol–water partition coefficient (Wildman–Crippen LogP) is 14.8. The first-order valence-electron chi connectivity index (χ1n) is 22.4. The van der Waals surface area contributed by atoms with E-state index in [1.807, 2.05) is 0 Å². The summed E-state index contributed by atoms with van der Waals surface area (Å²) in [6.07, 6.45) is 0. The lowest BCUT2D eigenvalue weighted by molar-refractivity contribution is 1.23. The molecule has 13 rings (SSSR count). The zero-order valence-electron chi connectivity index (χ0n) is 35.7. The van der Waals surface area contributed by atoms with Crippen LogP contribution in [0.5, 0.6) is 0 Å². The van der Waals surface area contributed by atoms with Crippen LogP contribution in [0.3, 0.4) is 0 Å². The molecule has 0 saturated carbocycles. The van der Waals surface area contributed by atoms with Gasteiger partial charge in [0.05, 0.1) is 33.3 Å². The first kappa shape index (κ1) is 37.7. The Kier molecular flexibility index (Phi) is 8.81. The van der Waals surface area contributed by atoms with Crippen LogP contribution in [-0.2, 0) is 0 Å². The predicted molar refractivity (Wildman–Crippen MR) is 269 cm³/mol. The first-order valence-corrected chi connectivity index (χ1v) is 22.4. The lowest BCUT2D eigenvalue weighted by Gasteiger charge is -2.26. The third-order valence-electron chi connectivity index (χ3n) is 13.0. The van der Waals surface area contributed by atoms with E-state index in [-0.39, 0.29) is 0 Å². The van der Waals surface area contributed by atoms with Crippen molar-refractivity contribution in [1.82, 2.24) is 9.97 Å². The molecule has 0 saturated heterocycles. The third-order valence-corrected chi connectivity index (χ3v) is 13.0. The average Bonchev–Trinajstić information content (AvgIpc) is 3.97. The van der Waals surface area contributed by atoms with Crippen LogP contribution in [0, 0.1) is 10.4 Å². The first-order chi connectivity index (χ1) is 32.8. The minimum Gasteiger partial charge on any atom is -0.247 e. The summed E-state index contributed by atoms with van der Waals surface area (Å²) in [5.41, 5.74) is 18.3. The maximum atomic E-state index is 5.73. The van der Waals surface area contributed by atoms with Crippen LogP contribution in [0.4, 0.5) is 11.4 Å². The maximum Gasteiger partial charge on any atom is 0.161 e. The number of hydrogen-bond donors (Lipinski definition) is 0. The Balaban J connectivity index is 1.27. The number of para-hydroxylation sites is 2. The highest BCUT2D eigenvalue weighted by atomic mass is 14.9. The molecule has 0 bridgehead atoms. The van der Waals surface area contributed by atoms with Gasteiger partial charge in [-0.25, -0.2) is 20.0 Å². The molecule has 0 N–H and O–H groups in total. The number of aromatic nitrogens is 2. The molecule has 4 heteroatoms. The molecule has 0 fully saturated rings. The molecule has 3 heterocycles. The van der Waals surface area contributed by atoms with Gasteiger partial charge in [-0.05, 0) is 63.2 Å². The molecule has 1 aromatic heterocycles. The van der Waals surface area contributed by atoms with Crippen LogP contribution < -0.4 is 10.7 Å². The summed E-state index contributed by atoms with van der Waals surface area (Å²) in [4.78, 5) is 22.5. The Hall–Kier alpha value is -8.86. The quantitative estimate of drug-likeness (QED) is 0.161. The number of nitrogens with zero attached hydrogens (tertiary/aromatic N) is 4. The van der Waals surface area contributed by atoms with Gasteiger partial charge in [0.2, 0.25) is 0 Å². The van der Waals surface area contributed by atoms with Crippen molar-refractivity contribution < 1.29 is 0 Å². The normalized spacial score (nSPS) is 11.9. The van der Waals surface area contributed by atoms with Gasteiger partial charge in [0, 0.05) is 54.8 Å². The van der Waals surface area contributed by atoms with Crippen molar-refractivity contribution in [3.63, 3.8) is 0 Å². The molecule has 0 unspecified atom stereocenters. The second-order valence-corrected chi connectivity index (χ2v) is 16.8. The molecular weight excluding hydrogens is 801 g/mol. The van der Waals surface area contributed by atoms with Crippen molar-refractivity contribution in [3.05, 3.63) is 252 Å². The summed E-state index contributed by atoms with van der Waals surface area (Å²) in [5.74, 6) is 0.623. The fraction of sp³-hybridized carbons (Fsp3) is 0. The standard InChI is InChI=1S/C62H38N4/c1-5-21-39(22-6-1)43-29-13-14-30-44(43)45-31-15-16-33-47(45)55-53(40-23-7-2-8-24-40)54(41-25-9-3-10-26-41)61-57(56-52(64-61)38-37-48-46-32-17-19-35-50(46)63-60(48)56)58(55)62-65-51-36-20-18-34-49(51)59(66-62)42-27-11-4-12-28-42/h1-38H. The van der Waals surface area contributed by atoms with E-state index < -0.39 is 0 Å². The lowest BCUT2D eigenvalue weighted by Crippen LogP contribution is -2.05. The Morgan fingerprint density at radius 2 is 0.788 bits per heavy atom. The minimum atomic E-state index is 0.623. The maximum absolute atomic E-state index is 5.73. The van der Waals surface area contributed by atoms with Crippen molar-refractivity contribution in [2.75, 3.05) is 0 Å². The number of fused-ring (bicyclic) bond motifs is 7. The number of hydrogen-bond acceptors (Lipinski definition) is 4. The Morgan fingerprint density at radius 1 is 0.258 bits per heavy atom. The van der Waals surface area contributed by atoms with Gasteiger partial charge in [-0.15, -0.1) is 0 Å². The van der Waals surface area contributed by atoms with Gasteiger partial charge in [0.15, 0.2) is 5.82 Å². The van der Waals surface area contributed by atoms with Gasteiger partial charge < -0.3 is 0 Å². The van der Waals surface area contributed by atoms with E-state index in [0.29, 0.717) is 5.82 Å². The van der Waals surface area contributed by atoms with Gasteiger partial charge in [-0.1, -0.05) is 206 Å². The topological polar surface area (TPSA) is 50.5 Å². The van der Waals surface area contributed by atoms with Crippen LogP contribution in [0.1, 0.15) is 0 Å². The summed E-state index contributed by atoms with van der Waals surface area (Å²) in [6, 6.07) is 81.5. The van der Waals surface area contributed by atoms with Crippen LogP contribution in [0.15, 0.2) is 241 Å².